The van der Waals surface area contributed by atoms with Gasteiger partial charge in [-0.2, -0.15) is 0 Å². The van der Waals surface area contributed by atoms with Crippen molar-refractivity contribution in [1.29, 1.82) is 0 Å². The first-order valence-electron chi connectivity index (χ1n) is 3.54. The third-order valence-electron chi connectivity index (χ3n) is 1.15. The van der Waals surface area contributed by atoms with Crippen LogP contribution >= 0.6 is 0 Å². The molecule has 0 aliphatic rings. The zero-order valence-corrected chi connectivity index (χ0v) is 11.1. The van der Waals surface area contributed by atoms with Gasteiger partial charge in [0.05, 0.1) is 0 Å². The van der Waals surface area contributed by atoms with E-state index in [2.05, 4.69) is 0 Å². The highest BCUT2D eigenvalue weighted by Gasteiger charge is 2.19. The minimum atomic E-state index is -1.17. The molecule has 0 N–H and O–H groups in total. The van der Waals surface area contributed by atoms with E-state index in [4.69, 9.17) is 17.1 Å². The van der Waals surface area contributed by atoms with Crippen LogP contribution in [0.5, 0.6) is 0 Å². The van der Waals surface area contributed by atoms with Crippen molar-refractivity contribution < 1.29 is 17.1 Å². The van der Waals surface area contributed by atoms with E-state index >= 15 is 0 Å². The van der Waals surface area contributed by atoms with Crippen LogP contribution in [0.25, 0.3) is 0 Å². The number of rotatable bonds is 6. The highest BCUT2D eigenvalue weighted by atomic mass is 28.4. The summed E-state index contributed by atoms with van der Waals surface area (Å²) < 4.78 is 21.0. The Morgan fingerprint density at radius 3 is 1.25 bits per heavy atom. The third kappa shape index (κ3) is 6.06. The maximum atomic E-state index is 5.48. The van der Waals surface area contributed by atoms with E-state index in [1.165, 1.54) is 0 Å². The second-order valence-electron chi connectivity index (χ2n) is 2.09. The zero-order chi connectivity index (χ0) is 9.56. The molecule has 0 spiro atoms. The molecular weight excluding hydrogens is 208 g/mol. The van der Waals surface area contributed by atoms with Crippen LogP contribution in [0.4, 0.5) is 0 Å². The fourth-order valence-electron chi connectivity index (χ4n) is 0.509. The molecule has 3 radical (unpaired) electrons. The molecule has 0 aliphatic heterocycles. The first-order valence-corrected chi connectivity index (χ1v) is 8.99. The fourth-order valence-corrected chi connectivity index (χ4v) is 4.96. The van der Waals surface area contributed by atoms with E-state index < -0.39 is 27.9 Å². The number of hydrogen-bond acceptors (Lipinski definition) is 4. The van der Waals surface area contributed by atoms with Gasteiger partial charge < -0.3 is 17.1 Å². The van der Waals surface area contributed by atoms with Crippen LogP contribution in [0.15, 0.2) is 0 Å². The molecule has 0 aliphatic carbocycles. The van der Waals surface area contributed by atoms with Crippen LogP contribution in [0, 0.1) is 0 Å². The molecule has 0 aromatic heterocycles. The lowest BCUT2D eigenvalue weighted by molar-refractivity contribution is 0.290. The van der Waals surface area contributed by atoms with Crippen LogP contribution in [-0.2, 0) is 17.1 Å². The molecular formula is C5H15O4Si3. The molecule has 4 nitrogen and oxygen atoms in total. The molecule has 0 amide bonds. The van der Waals surface area contributed by atoms with Gasteiger partial charge in [0.1, 0.15) is 0 Å². The van der Waals surface area contributed by atoms with Gasteiger partial charge >= 0.3 is 27.9 Å². The molecule has 0 aromatic carbocycles. The van der Waals surface area contributed by atoms with E-state index in [1.807, 2.05) is 19.6 Å². The molecule has 71 valence electrons. The quantitative estimate of drug-likeness (QED) is 0.620. The van der Waals surface area contributed by atoms with Gasteiger partial charge in [-0.15, -0.1) is 0 Å². The molecule has 0 aromatic rings. The van der Waals surface area contributed by atoms with Gasteiger partial charge in [0.15, 0.2) is 0 Å². The monoisotopic (exact) mass is 223 g/mol. The Hall–Kier alpha value is 0.491. The van der Waals surface area contributed by atoms with Crippen molar-refractivity contribution in [3.8, 4) is 0 Å². The summed E-state index contributed by atoms with van der Waals surface area (Å²) in [6, 6.07) is 0. The Labute approximate surface area is 79.3 Å². The smallest absolute Gasteiger partial charge is 0.371 e. The first kappa shape index (κ1) is 12.5. The van der Waals surface area contributed by atoms with E-state index in [-0.39, 0.29) is 0 Å². The van der Waals surface area contributed by atoms with Gasteiger partial charge in [0.25, 0.3) is 0 Å². The maximum absolute atomic E-state index is 5.48. The van der Waals surface area contributed by atoms with E-state index in [0.717, 1.165) is 0 Å². The van der Waals surface area contributed by atoms with Gasteiger partial charge in [0.2, 0.25) is 0 Å². The van der Waals surface area contributed by atoms with Gasteiger partial charge in [-0.25, -0.2) is 0 Å². The van der Waals surface area contributed by atoms with E-state index in [1.54, 1.807) is 14.2 Å². The van der Waals surface area contributed by atoms with Gasteiger partial charge in [0, 0.05) is 14.2 Å². The fraction of sp³-hybridized carbons (Fsp3) is 1.00. The molecule has 12 heavy (non-hydrogen) atoms. The Morgan fingerprint density at radius 1 is 0.667 bits per heavy atom. The normalized spacial score (nSPS) is 12.0. The van der Waals surface area contributed by atoms with Crippen molar-refractivity contribution in [3.05, 3.63) is 0 Å². The summed E-state index contributed by atoms with van der Waals surface area (Å²) in [6.45, 7) is 5.83. The molecule has 0 rings (SSSR count). The third-order valence-corrected chi connectivity index (χ3v) is 6.90. The summed E-state index contributed by atoms with van der Waals surface area (Å²) >= 11 is 0. The summed E-state index contributed by atoms with van der Waals surface area (Å²) in [4.78, 5) is 0. The SMILES string of the molecule is CO[Si](C)O[Si](C)O[Si](C)OC. The first-order chi connectivity index (χ1) is 5.60. The molecule has 0 bridgehead atoms. The summed E-state index contributed by atoms with van der Waals surface area (Å²) in [5.41, 5.74) is 0. The Balaban J connectivity index is 3.51. The second-order valence-corrected chi connectivity index (χ2v) is 7.49. The molecule has 7 heteroatoms. The standard InChI is InChI=1S/C5H15O4Si3/c1-6-10(3)8-12(5)9-11(4)7-2/h1-5H3. The van der Waals surface area contributed by atoms with Crippen molar-refractivity contribution in [2.24, 2.45) is 0 Å². The molecule has 0 heterocycles. The van der Waals surface area contributed by atoms with Gasteiger partial charge in [-0.1, -0.05) is 0 Å². The van der Waals surface area contributed by atoms with Crippen molar-refractivity contribution in [2.75, 3.05) is 14.2 Å². The lowest BCUT2D eigenvalue weighted by Crippen LogP contribution is -2.34. The minimum absolute atomic E-state index is 1.10. The topological polar surface area (TPSA) is 36.9 Å². The second kappa shape index (κ2) is 6.95. The highest BCUT2D eigenvalue weighted by molar-refractivity contribution is 6.63. The average molecular weight is 223 g/mol. The molecule has 0 unspecified atom stereocenters. The highest BCUT2D eigenvalue weighted by Crippen LogP contribution is 1.96. The van der Waals surface area contributed by atoms with E-state index in [9.17, 15) is 0 Å². The predicted molar refractivity (Wildman–Crippen MR) is 51.0 cm³/mol. The number of hydrogen-bond donors (Lipinski definition) is 0. The molecule has 0 saturated heterocycles. The Morgan fingerprint density at radius 2 is 1.00 bits per heavy atom. The van der Waals surface area contributed by atoms with Crippen molar-refractivity contribution in [1.82, 2.24) is 0 Å². The maximum Gasteiger partial charge on any atom is 0.371 e. The van der Waals surface area contributed by atoms with Crippen LogP contribution in [0.2, 0.25) is 19.6 Å². The summed E-state index contributed by atoms with van der Waals surface area (Å²) in [5.74, 6) is 0. The summed E-state index contributed by atoms with van der Waals surface area (Å²) in [6.07, 6.45) is 0. The summed E-state index contributed by atoms with van der Waals surface area (Å²) in [7, 11) is -0.0713. The van der Waals surface area contributed by atoms with E-state index in [0.29, 0.717) is 0 Å². The lowest BCUT2D eigenvalue weighted by Gasteiger charge is -2.16. The van der Waals surface area contributed by atoms with Crippen molar-refractivity contribution >= 4 is 27.9 Å². The Bertz CT molecular complexity index is 103. The molecule has 0 fully saturated rings. The predicted octanol–water partition coefficient (Wildman–Crippen LogP) is 0.666. The largest absolute Gasteiger partial charge is 0.414 e. The Kier molecular flexibility index (Phi) is 7.23. The van der Waals surface area contributed by atoms with Crippen molar-refractivity contribution in [3.63, 3.8) is 0 Å². The van der Waals surface area contributed by atoms with Gasteiger partial charge in [-0.3, -0.25) is 0 Å². The zero-order valence-electron chi connectivity index (χ0n) is 8.13. The average Bonchev–Trinajstić information content (AvgIpc) is 2.03. The lowest BCUT2D eigenvalue weighted by atomic mass is 11.8. The van der Waals surface area contributed by atoms with Gasteiger partial charge in [-0.05, 0) is 19.6 Å². The van der Waals surface area contributed by atoms with Crippen LogP contribution in [0.3, 0.4) is 0 Å². The molecule has 0 saturated carbocycles. The van der Waals surface area contributed by atoms with Crippen LogP contribution in [-0.4, -0.2) is 42.1 Å². The van der Waals surface area contributed by atoms with Crippen molar-refractivity contribution in [2.45, 2.75) is 19.6 Å². The minimum Gasteiger partial charge on any atom is -0.414 e. The van der Waals surface area contributed by atoms with Crippen LogP contribution < -0.4 is 0 Å². The van der Waals surface area contributed by atoms with Crippen LogP contribution in [0.1, 0.15) is 0 Å². The summed E-state index contributed by atoms with van der Waals surface area (Å²) in [5, 5.41) is 0. The molecule has 0 atom stereocenters.